The molecule has 5 heteroatoms. The molecule has 1 rings (SSSR count). The van der Waals surface area contributed by atoms with Gasteiger partial charge in [-0.2, -0.15) is 0 Å². The summed E-state index contributed by atoms with van der Waals surface area (Å²) in [4.78, 5) is 22.7. The van der Waals surface area contributed by atoms with Crippen molar-refractivity contribution in [3.8, 4) is 0 Å². The Balaban J connectivity index is 2.65. The Bertz CT molecular complexity index is 387. The monoisotopic (exact) mass is 222 g/mol. The highest BCUT2D eigenvalue weighted by molar-refractivity contribution is 5.92. The third-order valence-corrected chi connectivity index (χ3v) is 2.05. The Morgan fingerprint density at radius 1 is 1.31 bits per heavy atom. The summed E-state index contributed by atoms with van der Waals surface area (Å²) in [6.45, 7) is 1.51. The number of nitrogen functional groups attached to an aromatic ring is 1. The van der Waals surface area contributed by atoms with Gasteiger partial charge in [0.15, 0.2) is 6.10 Å². The average Bonchev–Trinajstić information content (AvgIpc) is 2.28. The zero-order valence-corrected chi connectivity index (χ0v) is 9.19. The van der Waals surface area contributed by atoms with E-state index in [0.29, 0.717) is 11.3 Å². The van der Waals surface area contributed by atoms with Crippen LogP contribution >= 0.6 is 0 Å². The van der Waals surface area contributed by atoms with Crippen LogP contribution in [0.2, 0.25) is 0 Å². The van der Waals surface area contributed by atoms with Crippen molar-refractivity contribution in [2.24, 2.45) is 0 Å². The molecule has 0 bridgehead atoms. The smallest absolute Gasteiger partial charge is 0.338 e. The second-order valence-electron chi connectivity index (χ2n) is 3.28. The fourth-order valence-corrected chi connectivity index (χ4v) is 1.10. The number of nitrogens with one attached hydrogen (secondary N) is 1. The number of carbonyl (C=O) groups excluding carboxylic acids is 2. The summed E-state index contributed by atoms with van der Waals surface area (Å²) in [6, 6.07) is 6.30. The molecule has 0 heterocycles. The molecule has 0 aliphatic heterocycles. The first kappa shape index (κ1) is 12.0. The van der Waals surface area contributed by atoms with E-state index in [1.807, 2.05) is 0 Å². The van der Waals surface area contributed by atoms with Crippen molar-refractivity contribution in [1.82, 2.24) is 5.32 Å². The van der Waals surface area contributed by atoms with Gasteiger partial charge in [0.2, 0.25) is 0 Å². The van der Waals surface area contributed by atoms with Gasteiger partial charge in [-0.3, -0.25) is 4.79 Å². The fraction of sp³-hybridized carbons (Fsp3) is 0.273. The Kier molecular flexibility index (Phi) is 3.88. The van der Waals surface area contributed by atoms with Crippen molar-refractivity contribution in [3.63, 3.8) is 0 Å². The minimum Gasteiger partial charge on any atom is -0.449 e. The Hall–Kier alpha value is -2.04. The topological polar surface area (TPSA) is 81.4 Å². The Labute approximate surface area is 93.6 Å². The van der Waals surface area contributed by atoms with Gasteiger partial charge in [0, 0.05) is 12.7 Å². The fourth-order valence-electron chi connectivity index (χ4n) is 1.10. The number of carbonyl (C=O) groups is 2. The first-order valence-corrected chi connectivity index (χ1v) is 4.82. The molecule has 1 aromatic carbocycles. The predicted octanol–water partition coefficient (Wildman–Crippen LogP) is 0.560. The van der Waals surface area contributed by atoms with Crippen molar-refractivity contribution in [3.05, 3.63) is 29.8 Å². The van der Waals surface area contributed by atoms with Crippen LogP contribution in [-0.2, 0) is 9.53 Å². The highest BCUT2D eigenvalue weighted by Gasteiger charge is 2.17. The maximum atomic E-state index is 11.5. The molecule has 0 aliphatic rings. The lowest BCUT2D eigenvalue weighted by Crippen LogP contribution is -2.33. The molecule has 0 radical (unpaired) electrons. The third kappa shape index (κ3) is 2.98. The van der Waals surface area contributed by atoms with Gasteiger partial charge in [0.25, 0.3) is 5.91 Å². The summed E-state index contributed by atoms with van der Waals surface area (Å²) in [6.07, 6.45) is -0.810. The molecule has 3 N–H and O–H groups in total. The van der Waals surface area contributed by atoms with Gasteiger partial charge in [0.1, 0.15) is 0 Å². The summed E-state index contributed by atoms with van der Waals surface area (Å²) in [7, 11) is 1.48. The summed E-state index contributed by atoms with van der Waals surface area (Å²) in [5.74, 6) is -0.889. The van der Waals surface area contributed by atoms with E-state index in [0.717, 1.165) is 0 Å². The van der Waals surface area contributed by atoms with E-state index in [1.165, 1.54) is 14.0 Å². The normalized spacial score (nSPS) is 11.6. The average molecular weight is 222 g/mol. The van der Waals surface area contributed by atoms with Crippen molar-refractivity contribution in [2.75, 3.05) is 12.8 Å². The minimum atomic E-state index is -0.810. The van der Waals surface area contributed by atoms with E-state index < -0.39 is 12.1 Å². The molecule has 86 valence electrons. The first-order valence-electron chi connectivity index (χ1n) is 4.82. The lowest BCUT2D eigenvalue weighted by molar-refractivity contribution is -0.128. The molecule has 0 aliphatic carbocycles. The minimum absolute atomic E-state index is 0.344. The maximum absolute atomic E-state index is 11.5. The number of hydrogen-bond acceptors (Lipinski definition) is 4. The molecule has 1 aromatic rings. The molecule has 1 atom stereocenters. The largest absolute Gasteiger partial charge is 0.449 e. The van der Waals surface area contributed by atoms with E-state index in [4.69, 9.17) is 10.5 Å². The number of hydrogen-bond donors (Lipinski definition) is 2. The quantitative estimate of drug-likeness (QED) is 0.578. The highest BCUT2D eigenvalue weighted by Crippen LogP contribution is 2.08. The molecule has 0 spiro atoms. The van der Waals surface area contributed by atoms with Crippen molar-refractivity contribution in [2.45, 2.75) is 13.0 Å². The second-order valence-corrected chi connectivity index (χ2v) is 3.28. The van der Waals surface area contributed by atoms with Gasteiger partial charge in [-0.15, -0.1) is 0 Å². The van der Waals surface area contributed by atoms with E-state index in [9.17, 15) is 9.59 Å². The van der Waals surface area contributed by atoms with Gasteiger partial charge in [-0.1, -0.05) is 0 Å². The number of benzene rings is 1. The lowest BCUT2D eigenvalue weighted by Gasteiger charge is -2.11. The molecule has 0 saturated heterocycles. The van der Waals surface area contributed by atoms with Crippen LogP contribution in [0.25, 0.3) is 0 Å². The van der Waals surface area contributed by atoms with Crippen molar-refractivity contribution >= 4 is 17.6 Å². The molecule has 0 fully saturated rings. The van der Waals surface area contributed by atoms with Crippen molar-refractivity contribution < 1.29 is 14.3 Å². The first-order chi connectivity index (χ1) is 7.54. The number of likely N-dealkylation sites (N-methyl/N-ethyl adjacent to an activating group) is 1. The summed E-state index contributed by atoms with van der Waals surface area (Å²) < 4.78 is 4.94. The second kappa shape index (κ2) is 5.16. The van der Waals surface area contributed by atoms with E-state index in [1.54, 1.807) is 24.3 Å². The van der Waals surface area contributed by atoms with Crippen LogP contribution in [0.15, 0.2) is 24.3 Å². The van der Waals surface area contributed by atoms with E-state index >= 15 is 0 Å². The predicted molar refractivity (Wildman–Crippen MR) is 59.8 cm³/mol. The van der Waals surface area contributed by atoms with Gasteiger partial charge in [-0.25, -0.2) is 4.79 Å². The molecule has 1 unspecified atom stereocenters. The molecule has 1 amide bonds. The van der Waals surface area contributed by atoms with Gasteiger partial charge in [-0.05, 0) is 31.2 Å². The molecular formula is C11H14N2O3. The maximum Gasteiger partial charge on any atom is 0.338 e. The molecule has 5 nitrogen and oxygen atoms in total. The Morgan fingerprint density at radius 2 is 1.88 bits per heavy atom. The molecular weight excluding hydrogens is 208 g/mol. The lowest BCUT2D eigenvalue weighted by atomic mass is 10.2. The number of ether oxygens (including phenoxy) is 1. The summed E-state index contributed by atoms with van der Waals surface area (Å²) >= 11 is 0. The van der Waals surface area contributed by atoms with Crippen LogP contribution < -0.4 is 11.1 Å². The van der Waals surface area contributed by atoms with Crippen LogP contribution in [0.5, 0.6) is 0 Å². The number of anilines is 1. The zero-order chi connectivity index (χ0) is 12.1. The Morgan fingerprint density at radius 3 is 2.38 bits per heavy atom. The van der Waals surface area contributed by atoms with E-state index in [-0.39, 0.29) is 5.91 Å². The standard InChI is InChI=1S/C11H14N2O3/c1-7(10(14)13-2)16-11(15)8-3-5-9(12)6-4-8/h3-7H,12H2,1-2H3,(H,13,14). The molecule has 0 saturated carbocycles. The number of esters is 1. The number of amides is 1. The van der Waals surface area contributed by atoms with Crippen LogP contribution in [0.3, 0.4) is 0 Å². The summed E-state index contributed by atoms with van der Waals surface area (Å²) in [5.41, 5.74) is 6.41. The molecule has 0 aromatic heterocycles. The van der Waals surface area contributed by atoms with Crippen molar-refractivity contribution in [1.29, 1.82) is 0 Å². The summed E-state index contributed by atoms with van der Waals surface area (Å²) in [5, 5.41) is 2.39. The third-order valence-electron chi connectivity index (χ3n) is 2.05. The SMILES string of the molecule is CNC(=O)C(C)OC(=O)c1ccc(N)cc1. The van der Waals surface area contributed by atoms with Gasteiger partial charge >= 0.3 is 5.97 Å². The van der Waals surface area contributed by atoms with E-state index in [2.05, 4.69) is 5.32 Å². The van der Waals surface area contributed by atoms with Gasteiger partial charge < -0.3 is 15.8 Å². The van der Waals surface area contributed by atoms with Crippen LogP contribution in [0.1, 0.15) is 17.3 Å². The number of rotatable bonds is 3. The highest BCUT2D eigenvalue weighted by atomic mass is 16.5. The van der Waals surface area contributed by atoms with Gasteiger partial charge in [0.05, 0.1) is 5.56 Å². The van der Waals surface area contributed by atoms with Crippen LogP contribution in [0.4, 0.5) is 5.69 Å². The zero-order valence-electron chi connectivity index (χ0n) is 9.19. The number of nitrogens with two attached hydrogens (primary N) is 1. The van der Waals surface area contributed by atoms with Crippen LogP contribution in [0, 0.1) is 0 Å². The van der Waals surface area contributed by atoms with Crippen LogP contribution in [-0.4, -0.2) is 25.0 Å². The molecule has 16 heavy (non-hydrogen) atoms.